The molecule has 8 heteroatoms. The molecule has 0 radical (unpaired) electrons. The molecule has 4 rings (SSSR count). The van der Waals surface area contributed by atoms with Crippen molar-refractivity contribution in [3.05, 3.63) is 42.1 Å². The summed E-state index contributed by atoms with van der Waals surface area (Å²) in [7, 11) is 0. The maximum Gasteiger partial charge on any atom is 0.271 e. The molecule has 1 amide bonds. The lowest BCUT2D eigenvalue weighted by Gasteiger charge is -2.26. The van der Waals surface area contributed by atoms with E-state index in [9.17, 15) is 4.79 Å². The number of ether oxygens (including phenoxy) is 1. The summed E-state index contributed by atoms with van der Waals surface area (Å²) >= 11 is 0. The van der Waals surface area contributed by atoms with Gasteiger partial charge in [-0.15, -0.1) is 10.2 Å². The standard InChI is InChI=1S/C21H28N6O2/c28-21(22-9-12-26-13-15-29-16-14-26)19-7-8-20(25-24-19)23-17-3-5-18(6-4-17)27-10-1-2-11-27/h3-8H,1-2,9-16H2,(H,22,28)(H,23,25). The Hall–Kier alpha value is -2.71. The van der Waals surface area contributed by atoms with Crippen LogP contribution in [-0.4, -0.2) is 73.5 Å². The number of amides is 1. The minimum absolute atomic E-state index is 0.202. The van der Waals surface area contributed by atoms with Crippen LogP contribution in [0, 0.1) is 0 Å². The summed E-state index contributed by atoms with van der Waals surface area (Å²) in [4.78, 5) is 16.9. The zero-order valence-electron chi connectivity index (χ0n) is 16.6. The van der Waals surface area contributed by atoms with Crippen LogP contribution in [0.25, 0.3) is 0 Å². The third-order valence-corrected chi connectivity index (χ3v) is 5.33. The molecular weight excluding hydrogens is 368 g/mol. The smallest absolute Gasteiger partial charge is 0.271 e. The molecular formula is C21H28N6O2. The highest BCUT2D eigenvalue weighted by Gasteiger charge is 2.13. The van der Waals surface area contributed by atoms with Gasteiger partial charge < -0.3 is 20.3 Å². The van der Waals surface area contributed by atoms with Gasteiger partial charge in [-0.25, -0.2) is 0 Å². The quantitative estimate of drug-likeness (QED) is 0.739. The Labute approximate surface area is 171 Å². The highest BCUT2D eigenvalue weighted by Crippen LogP contribution is 2.23. The van der Waals surface area contributed by atoms with E-state index in [1.54, 1.807) is 12.1 Å². The predicted octanol–water partition coefficient (Wildman–Crippen LogP) is 1.88. The van der Waals surface area contributed by atoms with Crippen molar-refractivity contribution in [2.45, 2.75) is 12.8 Å². The van der Waals surface area contributed by atoms with E-state index in [1.165, 1.54) is 18.5 Å². The van der Waals surface area contributed by atoms with Crippen molar-refractivity contribution < 1.29 is 9.53 Å². The number of carbonyl (C=O) groups excluding carboxylic acids is 1. The van der Waals surface area contributed by atoms with E-state index in [-0.39, 0.29) is 5.91 Å². The average Bonchev–Trinajstić information content (AvgIpc) is 3.30. The number of carbonyl (C=O) groups is 1. The molecule has 0 aliphatic carbocycles. The van der Waals surface area contributed by atoms with Crippen molar-refractivity contribution in [1.82, 2.24) is 20.4 Å². The number of hydrogen-bond donors (Lipinski definition) is 2. The molecule has 2 fully saturated rings. The van der Waals surface area contributed by atoms with Crippen LogP contribution in [-0.2, 0) is 4.74 Å². The first-order valence-electron chi connectivity index (χ1n) is 10.3. The Morgan fingerprint density at radius 3 is 2.41 bits per heavy atom. The van der Waals surface area contributed by atoms with Crippen LogP contribution in [0.2, 0.25) is 0 Å². The van der Waals surface area contributed by atoms with E-state index in [0.29, 0.717) is 18.1 Å². The lowest BCUT2D eigenvalue weighted by atomic mass is 10.2. The number of nitrogens with one attached hydrogen (secondary N) is 2. The Kier molecular flexibility index (Phi) is 6.53. The van der Waals surface area contributed by atoms with Gasteiger partial charge in [-0.3, -0.25) is 9.69 Å². The fraction of sp³-hybridized carbons (Fsp3) is 0.476. The van der Waals surface area contributed by atoms with Gasteiger partial charge in [-0.1, -0.05) is 0 Å². The summed E-state index contributed by atoms with van der Waals surface area (Å²) in [6.07, 6.45) is 2.53. The van der Waals surface area contributed by atoms with Gasteiger partial charge in [0.1, 0.15) is 0 Å². The van der Waals surface area contributed by atoms with Crippen molar-refractivity contribution >= 4 is 23.1 Å². The van der Waals surface area contributed by atoms with Gasteiger partial charge in [0.15, 0.2) is 11.5 Å². The minimum Gasteiger partial charge on any atom is -0.379 e. The third kappa shape index (κ3) is 5.42. The van der Waals surface area contributed by atoms with Crippen molar-refractivity contribution in [1.29, 1.82) is 0 Å². The van der Waals surface area contributed by atoms with E-state index in [0.717, 1.165) is 51.6 Å². The second kappa shape index (κ2) is 9.67. The number of hydrogen-bond acceptors (Lipinski definition) is 7. The summed E-state index contributed by atoms with van der Waals surface area (Å²) in [6.45, 7) is 7.01. The molecule has 0 spiro atoms. The topological polar surface area (TPSA) is 82.6 Å². The van der Waals surface area contributed by atoms with Crippen LogP contribution in [0.1, 0.15) is 23.3 Å². The second-order valence-electron chi connectivity index (χ2n) is 7.38. The van der Waals surface area contributed by atoms with Gasteiger partial charge >= 0.3 is 0 Å². The molecule has 1 aromatic heterocycles. The van der Waals surface area contributed by atoms with E-state index < -0.39 is 0 Å². The summed E-state index contributed by atoms with van der Waals surface area (Å²) in [5.41, 5.74) is 2.52. The molecule has 2 aromatic rings. The summed E-state index contributed by atoms with van der Waals surface area (Å²) < 4.78 is 5.32. The fourth-order valence-electron chi connectivity index (χ4n) is 3.64. The maximum atomic E-state index is 12.2. The number of rotatable bonds is 7. The van der Waals surface area contributed by atoms with Gasteiger partial charge in [-0.2, -0.15) is 0 Å². The van der Waals surface area contributed by atoms with Crippen molar-refractivity contribution in [2.75, 3.05) is 62.7 Å². The fourth-order valence-corrected chi connectivity index (χ4v) is 3.64. The molecule has 0 unspecified atom stereocenters. The monoisotopic (exact) mass is 396 g/mol. The zero-order valence-corrected chi connectivity index (χ0v) is 16.6. The Morgan fingerprint density at radius 1 is 0.966 bits per heavy atom. The number of aromatic nitrogens is 2. The van der Waals surface area contributed by atoms with Crippen molar-refractivity contribution in [3.63, 3.8) is 0 Å². The number of benzene rings is 1. The molecule has 2 aliphatic heterocycles. The Balaban J connectivity index is 1.25. The molecule has 154 valence electrons. The normalized spacial score (nSPS) is 17.3. The zero-order chi connectivity index (χ0) is 19.9. The van der Waals surface area contributed by atoms with Crippen molar-refractivity contribution in [3.8, 4) is 0 Å². The van der Waals surface area contributed by atoms with Crippen LogP contribution < -0.4 is 15.5 Å². The summed E-state index contributed by atoms with van der Waals surface area (Å²) in [5.74, 6) is 0.413. The molecule has 0 bridgehead atoms. The van der Waals surface area contributed by atoms with Crippen molar-refractivity contribution in [2.24, 2.45) is 0 Å². The van der Waals surface area contributed by atoms with E-state index in [1.807, 2.05) is 12.1 Å². The Bertz CT molecular complexity index is 784. The van der Waals surface area contributed by atoms with Gasteiger partial charge in [0.25, 0.3) is 5.91 Å². The number of nitrogens with zero attached hydrogens (tertiary/aromatic N) is 4. The van der Waals surface area contributed by atoms with E-state index in [2.05, 4.69) is 42.8 Å². The highest BCUT2D eigenvalue weighted by molar-refractivity contribution is 5.92. The molecule has 2 N–H and O–H groups in total. The first-order chi connectivity index (χ1) is 14.3. The third-order valence-electron chi connectivity index (χ3n) is 5.33. The minimum atomic E-state index is -0.202. The lowest BCUT2D eigenvalue weighted by molar-refractivity contribution is 0.0383. The molecule has 8 nitrogen and oxygen atoms in total. The van der Waals surface area contributed by atoms with E-state index >= 15 is 0 Å². The molecule has 0 saturated carbocycles. The van der Waals surface area contributed by atoms with Gasteiger partial charge in [0.2, 0.25) is 0 Å². The largest absolute Gasteiger partial charge is 0.379 e. The molecule has 2 aliphatic rings. The predicted molar refractivity (Wildman–Crippen MR) is 113 cm³/mol. The van der Waals surface area contributed by atoms with E-state index in [4.69, 9.17) is 4.74 Å². The molecule has 29 heavy (non-hydrogen) atoms. The maximum absolute atomic E-state index is 12.2. The van der Waals surface area contributed by atoms with Gasteiger partial charge in [0, 0.05) is 50.6 Å². The first-order valence-corrected chi connectivity index (χ1v) is 10.3. The average molecular weight is 396 g/mol. The van der Waals surface area contributed by atoms with Crippen LogP contribution in [0.5, 0.6) is 0 Å². The number of anilines is 3. The molecule has 2 saturated heterocycles. The second-order valence-corrected chi connectivity index (χ2v) is 7.38. The molecule has 0 atom stereocenters. The molecule has 3 heterocycles. The van der Waals surface area contributed by atoms with Crippen LogP contribution >= 0.6 is 0 Å². The van der Waals surface area contributed by atoms with Crippen LogP contribution in [0.15, 0.2) is 36.4 Å². The SMILES string of the molecule is O=C(NCCN1CCOCC1)c1ccc(Nc2ccc(N3CCCC3)cc2)nn1. The summed E-state index contributed by atoms with van der Waals surface area (Å²) in [6, 6.07) is 11.8. The van der Waals surface area contributed by atoms with Crippen LogP contribution in [0.4, 0.5) is 17.2 Å². The van der Waals surface area contributed by atoms with Crippen LogP contribution in [0.3, 0.4) is 0 Å². The van der Waals surface area contributed by atoms with Gasteiger partial charge in [-0.05, 0) is 49.2 Å². The summed E-state index contributed by atoms with van der Waals surface area (Å²) in [5, 5.41) is 14.3. The van der Waals surface area contributed by atoms with Gasteiger partial charge in [0.05, 0.1) is 13.2 Å². The first kappa shape index (κ1) is 19.6. The Morgan fingerprint density at radius 2 is 1.72 bits per heavy atom. The molecule has 1 aromatic carbocycles. The number of morpholine rings is 1. The highest BCUT2D eigenvalue weighted by atomic mass is 16.5. The lowest BCUT2D eigenvalue weighted by Crippen LogP contribution is -2.41.